The number of halogens is 4. The predicted octanol–water partition coefficient (Wildman–Crippen LogP) is 4.23. The maximum absolute atomic E-state index is 12.6. The van der Waals surface area contributed by atoms with Crippen LogP contribution in [-0.4, -0.2) is 41.7 Å². The van der Waals surface area contributed by atoms with E-state index >= 15 is 0 Å². The van der Waals surface area contributed by atoms with Gasteiger partial charge in [0.15, 0.2) is 0 Å². The molecule has 1 unspecified atom stereocenters. The van der Waals surface area contributed by atoms with Gasteiger partial charge in [0.1, 0.15) is 11.8 Å². The summed E-state index contributed by atoms with van der Waals surface area (Å²) in [4.78, 5) is 13.2. The van der Waals surface area contributed by atoms with Gasteiger partial charge < -0.3 is 9.84 Å². The SMILES string of the molecule is Cl.O=C(O)C1CCCCN1CCCCOc1cccc(C(F)(F)F)c1. The lowest BCUT2D eigenvalue weighted by Crippen LogP contribution is -2.45. The van der Waals surface area contributed by atoms with Crippen molar-refractivity contribution in [3.63, 3.8) is 0 Å². The molecule has 8 heteroatoms. The van der Waals surface area contributed by atoms with Crippen LogP contribution in [0.3, 0.4) is 0 Å². The second kappa shape index (κ2) is 9.87. The minimum absolute atomic E-state index is 0. The van der Waals surface area contributed by atoms with E-state index in [1.807, 2.05) is 4.90 Å². The average molecular weight is 382 g/mol. The molecule has 4 nitrogen and oxygen atoms in total. The normalized spacial score (nSPS) is 18.4. The summed E-state index contributed by atoms with van der Waals surface area (Å²) in [5.74, 6) is -0.582. The summed E-state index contributed by atoms with van der Waals surface area (Å²) in [7, 11) is 0. The first kappa shape index (κ1) is 21.6. The second-order valence-corrected chi connectivity index (χ2v) is 5.97. The van der Waals surface area contributed by atoms with Crippen molar-refractivity contribution < 1.29 is 27.8 Å². The average Bonchev–Trinajstić information content (AvgIpc) is 2.54. The third kappa shape index (κ3) is 6.74. The van der Waals surface area contributed by atoms with Gasteiger partial charge in [0, 0.05) is 0 Å². The van der Waals surface area contributed by atoms with Crippen LogP contribution < -0.4 is 4.74 Å². The third-order valence-corrected chi connectivity index (χ3v) is 4.17. The number of benzene rings is 1. The van der Waals surface area contributed by atoms with Crippen molar-refractivity contribution in [2.75, 3.05) is 19.7 Å². The highest BCUT2D eigenvalue weighted by Gasteiger charge is 2.30. The Balaban J connectivity index is 0.00000312. The lowest BCUT2D eigenvalue weighted by molar-refractivity contribution is -0.144. The van der Waals surface area contributed by atoms with Crippen LogP contribution in [0.1, 0.15) is 37.7 Å². The van der Waals surface area contributed by atoms with Crippen molar-refractivity contribution in [2.45, 2.75) is 44.3 Å². The van der Waals surface area contributed by atoms with Crippen LogP contribution in [0.5, 0.6) is 5.75 Å². The molecule has 0 saturated carbocycles. The first-order chi connectivity index (χ1) is 11.4. The minimum Gasteiger partial charge on any atom is -0.494 e. The molecule has 142 valence electrons. The largest absolute Gasteiger partial charge is 0.494 e. The van der Waals surface area contributed by atoms with Gasteiger partial charge in [-0.1, -0.05) is 12.5 Å². The van der Waals surface area contributed by atoms with Gasteiger partial charge in [-0.15, -0.1) is 12.4 Å². The Morgan fingerprint density at radius 1 is 1.28 bits per heavy atom. The highest BCUT2D eigenvalue weighted by molar-refractivity contribution is 5.85. The van der Waals surface area contributed by atoms with Gasteiger partial charge in [-0.2, -0.15) is 13.2 Å². The Bertz CT molecular complexity index is 554. The molecule has 1 atom stereocenters. The minimum atomic E-state index is -4.38. The van der Waals surface area contributed by atoms with E-state index in [9.17, 15) is 23.1 Å². The van der Waals surface area contributed by atoms with E-state index in [0.717, 1.165) is 37.9 Å². The summed E-state index contributed by atoms with van der Waals surface area (Å²) < 4.78 is 43.2. The molecule has 0 radical (unpaired) electrons. The number of alkyl halides is 3. The smallest absolute Gasteiger partial charge is 0.416 e. The maximum atomic E-state index is 12.6. The van der Waals surface area contributed by atoms with Crippen LogP contribution in [0.4, 0.5) is 13.2 Å². The van der Waals surface area contributed by atoms with Gasteiger partial charge in [-0.3, -0.25) is 9.69 Å². The van der Waals surface area contributed by atoms with E-state index in [-0.39, 0.29) is 18.2 Å². The number of ether oxygens (including phenoxy) is 1. The van der Waals surface area contributed by atoms with E-state index in [1.54, 1.807) is 0 Å². The Hall–Kier alpha value is -1.47. The second-order valence-electron chi connectivity index (χ2n) is 5.97. The quantitative estimate of drug-likeness (QED) is 0.718. The zero-order valence-corrected chi connectivity index (χ0v) is 14.6. The number of hydrogen-bond donors (Lipinski definition) is 1. The fourth-order valence-corrected chi connectivity index (χ4v) is 2.91. The molecule has 0 aromatic heterocycles. The van der Waals surface area contributed by atoms with E-state index in [4.69, 9.17) is 4.74 Å². The molecule has 1 N–H and O–H groups in total. The zero-order valence-electron chi connectivity index (χ0n) is 13.8. The van der Waals surface area contributed by atoms with Crippen LogP contribution in [0.25, 0.3) is 0 Å². The van der Waals surface area contributed by atoms with Gasteiger partial charge in [0.2, 0.25) is 0 Å². The summed E-state index contributed by atoms with van der Waals surface area (Å²) in [5, 5.41) is 9.19. The first-order valence-electron chi connectivity index (χ1n) is 8.15. The lowest BCUT2D eigenvalue weighted by Gasteiger charge is -2.32. The maximum Gasteiger partial charge on any atom is 0.416 e. The molecule has 0 spiro atoms. The number of aliphatic carboxylic acids is 1. The van der Waals surface area contributed by atoms with Gasteiger partial charge in [0.05, 0.1) is 12.2 Å². The van der Waals surface area contributed by atoms with E-state index < -0.39 is 23.8 Å². The molecule has 0 amide bonds. The first-order valence-corrected chi connectivity index (χ1v) is 8.15. The lowest BCUT2D eigenvalue weighted by atomic mass is 10.0. The Morgan fingerprint density at radius 2 is 2.04 bits per heavy atom. The summed E-state index contributed by atoms with van der Waals surface area (Å²) in [6.07, 6.45) is -0.339. The fourth-order valence-electron chi connectivity index (χ4n) is 2.91. The molecule has 1 heterocycles. The molecule has 1 aromatic rings. The fraction of sp³-hybridized carbons (Fsp3) is 0.588. The van der Waals surface area contributed by atoms with Gasteiger partial charge >= 0.3 is 12.1 Å². The number of carbonyl (C=O) groups is 1. The highest BCUT2D eigenvalue weighted by atomic mass is 35.5. The van der Waals surface area contributed by atoms with E-state index in [0.29, 0.717) is 26.0 Å². The monoisotopic (exact) mass is 381 g/mol. The number of nitrogens with zero attached hydrogens (tertiary/aromatic N) is 1. The highest BCUT2D eigenvalue weighted by Crippen LogP contribution is 2.31. The Labute approximate surface area is 151 Å². The number of carboxylic acids is 1. The molecular weight excluding hydrogens is 359 g/mol. The molecule has 1 aliphatic heterocycles. The number of rotatable bonds is 7. The van der Waals surface area contributed by atoms with Crippen molar-refractivity contribution in [2.24, 2.45) is 0 Å². The van der Waals surface area contributed by atoms with Crippen molar-refractivity contribution in [1.82, 2.24) is 4.90 Å². The van der Waals surface area contributed by atoms with Crippen LogP contribution in [-0.2, 0) is 11.0 Å². The van der Waals surface area contributed by atoms with Crippen molar-refractivity contribution in [3.05, 3.63) is 29.8 Å². The standard InChI is InChI=1S/C17H22F3NO3.ClH/c18-17(19,20)13-6-5-7-14(12-13)24-11-4-3-10-21-9-2-1-8-15(21)16(22)23;/h5-7,12,15H,1-4,8-11H2,(H,22,23);1H. The van der Waals surface area contributed by atoms with E-state index in [1.165, 1.54) is 12.1 Å². The summed E-state index contributed by atoms with van der Waals surface area (Å²) in [6, 6.07) is 4.41. The number of unbranched alkanes of at least 4 members (excludes halogenated alkanes) is 1. The molecule has 2 rings (SSSR count). The molecule has 0 bridgehead atoms. The third-order valence-electron chi connectivity index (χ3n) is 4.17. The molecular formula is C17H23ClF3NO3. The van der Waals surface area contributed by atoms with Crippen molar-refractivity contribution in [3.8, 4) is 5.75 Å². The number of piperidine rings is 1. The Morgan fingerprint density at radius 3 is 2.72 bits per heavy atom. The summed E-state index contributed by atoms with van der Waals surface area (Å²) in [6.45, 7) is 1.77. The number of hydrogen-bond acceptors (Lipinski definition) is 3. The van der Waals surface area contributed by atoms with Gasteiger partial charge in [-0.25, -0.2) is 0 Å². The van der Waals surface area contributed by atoms with Crippen molar-refractivity contribution >= 4 is 18.4 Å². The molecule has 1 fully saturated rings. The van der Waals surface area contributed by atoms with E-state index in [2.05, 4.69) is 0 Å². The molecule has 1 aromatic carbocycles. The topological polar surface area (TPSA) is 49.8 Å². The summed E-state index contributed by atoms with van der Waals surface area (Å²) >= 11 is 0. The van der Waals surface area contributed by atoms with Gasteiger partial charge in [-0.05, 0) is 57.0 Å². The molecule has 0 aliphatic carbocycles. The number of likely N-dealkylation sites (tertiary alicyclic amines) is 1. The molecule has 1 aliphatic rings. The molecule has 25 heavy (non-hydrogen) atoms. The number of carboxylic acid groups (broad SMARTS) is 1. The van der Waals surface area contributed by atoms with Crippen LogP contribution in [0.2, 0.25) is 0 Å². The van der Waals surface area contributed by atoms with Crippen LogP contribution in [0, 0.1) is 0 Å². The van der Waals surface area contributed by atoms with Gasteiger partial charge in [0.25, 0.3) is 0 Å². The van der Waals surface area contributed by atoms with Crippen LogP contribution in [0.15, 0.2) is 24.3 Å². The Kier molecular flexibility index (Phi) is 8.52. The zero-order chi connectivity index (χ0) is 17.6. The summed E-state index contributed by atoms with van der Waals surface area (Å²) in [5.41, 5.74) is -0.724. The van der Waals surface area contributed by atoms with Crippen LogP contribution >= 0.6 is 12.4 Å². The van der Waals surface area contributed by atoms with Crippen molar-refractivity contribution in [1.29, 1.82) is 0 Å². The molecule has 1 saturated heterocycles. The predicted molar refractivity (Wildman–Crippen MR) is 90.3 cm³/mol.